The molecule has 0 amide bonds. The van der Waals surface area contributed by atoms with Crippen LogP contribution in [0, 0.1) is 12.8 Å². The fourth-order valence-corrected chi connectivity index (χ4v) is 2.47. The van der Waals surface area contributed by atoms with Crippen molar-refractivity contribution in [3.63, 3.8) is 0 Å². The summed E-state index contributed by atoms with van der Waals surface area (Å²) in [6, 6.07) is 6.70. The number of nitrogens with zero attached hydrogens (tertiary/aromatic N) is 1. The first-order valence-electron chi connectivity index (χ1n) is 5.01. The maximum Gasteiger partial charge on any atom is 0.0589 e. The van der Waals surface area contributed by atoms with Gasteiger partial charge < -0.3 is 0 Å². The Balaban J connectivity index is 2.44. The highest BCUT2D eigenvalue weighted by Gasteiger charge is 2.04. The molecule has 1 aromatic carbocycles. The zero-order chi connectivity index (χ0) is 10.1. The van der Waals surface area contributed by atoms with Crippen molar-refractivity contribution in [3.8, 4) is 0 Å². The van der Waals surface area contributed by atoms with Crippen LogP contribution in [0.3, 0.4) is 0 Å². The lowest BCUT2D eigenvalue weighted by Gasteiger charge is -2.04. The van der Waals surface area contributed by atoms with Gasteiger partial charge >= 0.3 is 0 Å². The van der Waals surface area contributed by atoms with E-state index in [1.807, 2.05) is 0 Å². The third kappa shape index (κ3) is 1.80. The largest absolute Gasteiger partial charge is 0.197 e. The van der Waals surface area contributed by atoms with Gasteiger partial charge in [-0.1, -0.05) is 19.9 Å². The number of hydrogen-bond acceptors (Lipinski definition) is 2. The van der Waals surface area contributed by atoms with Crippen LogP contribution in [0.15, 0.2) is 18.2 Å². The van der Waals surface area contributed by atoms with Gasteiger partial charge in [0.2, 0.25) is 0 Å². The molecule has 0 aliphatic carbocycles. The first-order chi connectivity index (χ1) is 6.66. The van der Waals surface area contributed by atoms with E-state index in [2.05, 4.69) is 43.3 Å². The monoisotopic (exact) mass is 205 g/mol. The summed E-state index contributed by atoms with van der Waals surface area (Å²) in [6.45, 7) is 6.59. The van der Waals surface area contributed by atoms with Gasteiger partial charge in [0.15, 0.2) is 0 Å². The van der Waals surface area contributed by atoms with E-state index in [9.17, 15) is 0 Å². The molecule has 0 unspecified atom stereocenters. The molecular formula is C12H15NS. The standard InChI is InChI=1S/C12H15NS/c1-8(2)6-10-4-5-12-11(7-10)9(3)13-14-12/h4-5,7-8H,6H2,1-3H3. The summed E-state index contributed by atoms with van der Waals surface area (Å²) in [5.74, 6) is 0.722. The fourth-order valence-electron chi connectivity index (χ4n) is 1.70. The highest BCUT2D eigenvalue weighted by atomic mass is 32.1. The average molecular weight is 205 g/mol. The minimum absolute atomic E-state index is 0.722. The molecule has 2 aromatic rings. The first kappa shape index (κ1) is 9.66. The van der Waals surface area contributed by atoms with Crippen molar-refractivity contribution in [1.29, 1.82) is 0 Å². The minimum Gasteiger partial charge on any atom is -0.197 e. The van der Waals surface area contributed by atoms with Gasteiger partial charge in [-0.05, 0) is 48.5 Å². The van der Waals surface area contributed by atoms with E-state index in [0.717, 1.165) is 18.0 Å². The van der Waals surface area contributed by atoms with Crippen LogP contribution in [0.2, 0.25) is 0 Å². The molecule has 1 nitrogen and oxygen atoms in total. The fraction of sp³-hybridized carbons (Fsp3) is 0.417. The summed E-state index contributed by atoms with van der Waals surface area (Å²) in [5.41, 5.74) is 2.59. The molecule has 2 heteroatoms. The molecule has 0 N–H and O–H groups in total. The van der Waals surface area contributed by atoms with Gasteiger partial charge in [-0.2, -0.15) is 4.37 Å². The van der Waals surface area contributed by atoms with Crippen LogP contribution in [0.25, 0.3) is 10.1 Å². The second kappa shape index (κ2) is 3.70. The number of aromatic nitrogens is 1. The van der Waals surface area contributed by atoms with Crippen LogP contribution in [0.1, 0.15) is 25.1 Å². The van der Waals surface area contributed by atoms with Crippen molar-refractivity contribution in [2.45, 2.75) is 27.2 Å². The molecule has 74 valence electrons. The van der Waals surface area contributed by atoms with Crippen molar-refractivity contribution in [1.82, 2.24) is 4.37 Å². The molecule has 0 aliphatic heterocycles. The molecule has 0 atom stereocenters. The Bertz CT molecular complexity index is 443. The molecule has 0 radical (unpaired) electrons. The smallest absolute Gasteiger partial charge is 0.0589 e. The number of fused-ring (bicyclic) bond motifs is 1. The van der Waals surface area contributed by atoms with E-state index in [1.165, 1.54) is 15.6 Å². The Hall–Kier alpha value is -0.890. The minimum atomic E-state index is 0.722. The van der Waals surface area contributed by atoms with Gasteiger partial charge in [0.05, 0.1) is 10.4 Å². The molecule has 0 aliphatic rings. The molecule has 1 aromatic heterocycles. The summed E-state index contributed by atoms with van der Waals surface area (Å²) in [6.07, 6.45) is 1.16. The maximum absolute atomic E-state index is 4.36. The summed E-state index contributed by atoms with van der Waals surface area (Å²) in [7, 11) is 0. The van der Waals surface area contributed by atoms with Crippen molar-refractivity contribution >= 4 is 21.6 Å². The molecule has 14 heavy (non-hydrogen) atoms. The molecule has 0 saturated heterocycles. The Morgan fingerprint density at radius 2 is 2.14 bits per heavy atom. The third-order valence-electron chi connectivity index (χ3n) is 2.36. The van der Waals surface area contributed by atoms with Crippen molar-refractivity contribution in [2.24, 2.45) is 5.92 Å². The Labute approximate surface area is 88.9 Å². The number of hydrogen-bond donors (Lipinski definition) is 0. The van der Waals surface area contributed by atoms with Gasteiger partial charge in [0.1, 0.15) is 0 Å². The number of rotatable bonds is 2. The Morgan fingerprint density at radius 1 is 1.36 bits per heavy atom. The SMILES string of the molecule is Cc1nsc2ccc(CC(C)C)cc12. The van der Waals surface area contributed by atoms with Crippen LogP contribution in [0.4, 0.5) is 0 Å². The van der Waals surface area contributed by atoms with Crippen molar-refractivity contribution < 1.29 is 0 Å². The van der Waals surface area contributed by atoms with E-state index in [0.29, 0.717) is 0 Å². The van der Waals surface area contributed by atoms with E-state index in [1.54, 1.807) is 11.5 Å². The molecule has 0 fully saturated rings. The number of aryl methyl sites for hydroxylation is 1. The van der Waals surface area contributed by atoms with Crippen molar-refractivity contribution in [3.05, 3.63) is 29.5 Å². The van der Waals surface area contributed by atoms with E-state index in [-0.39, 0.29) is 0 Å². The predicted octanol–water partition coefficient (Wildman–Crippen LogP) is 3.80. The summed E-state index contributed by atoms with van der Waals surface area (Å²) in [4.78, 5) is 0. The maximum atomic E-state index is 4.36. The highest BCUT2D eigenvalue weighted by Crippen LogP contribution is 2.24. The average Bonchev–Trinajstić information content (AvgIpc) is 2.47. The van der Waals surface area contributed by atoms with Crippen molar-refractivity contribution in [2.75, 3.05) is 0 Å². The Morgan fingerprint density at radius 3 is 2.86 bits per heavy atom. The Kier molecular flexibility index (Phi) is 2.55. The molecule has 0 bridgehead atoms. The van der Waals surface area contributed by atoms with E-state index >= 15 is 0 Å². The number of benzene rings is 1. The van der Waals surface area contributed by atoms with Gasteiger partial charge in [0, 0.05) is 5.39 Å². The molecule has 0 spiro atoms. The second-order valence-corrected chi connectivity index (χ2v) is 5.00. The van der Waals surface area contributed by atoms with Gasteiger partial charge in [-0.15, -0.1) is 0 Å². The quantitative estimate of drug-likeness (QED) is 0.726. The molecular weight excluding hydrogens is 190 g/mol. The lowest BCUT2D eigenvalue weighted by atomic mass is 10.0. The summed E-state index contributed by atoms with van der Waals surface area (Å²) in [5, 5.41) is 1.33. The normalized spacial score (nSPS) is 11.4. The van der Waals surface area contributed by atoms with Crippen LogP contribution in [-0.4, -0.2) is 4.37 Å². The second-order valence-electron chi connectivity index (χ2n) is 4.20. The topological polar surface area (TPSA) is 12.9 Å². The van der Waals surface area contributed by atoms with E-state index in [4.69, 9.17) is 0 Å². The molecule has 1 heterocycles. The zero-order valence-electron chi connectivity index (χ0n) is 8.87. The van der Waals surface area contributed by atoms with Gasteiger partial charge in [-0.25, -0.2) is 0 Å². The molecule has 0 saturated carbocycles. The predicted molar refractivity (Wildman–Crippen MR) is 62.9 cm³/mol. The zero-order valence-corrected chi connectivity index (χ0v) is 9.69. The van der Waals surface area contributed by atoms with Crippen LogP contribution < -0.4 is 0 Å². The summed E-state index contributed by atoms with van der Waals surface area (Å²) >= 11 is 1.59. The molecule has 2 rings (SSSR count). The van der Waals surface area contributed by atoms with Gasteiger partial charge in [-0.3, -0.25) is 0 Å². The third-order valence-corrected chi connectivity index (χ3v) is 3.28. The van der Waals surface area contributed by atoms with Crippen LogP contribution in [-0.2, 0) is 6.42 Å². The lowest BCUT2D eigenvalue weighted by molar-refractivity contribution is 0.648. The highest BCUT2D eigenvalue weighted by molar-refractivity contribution is 7.13. The summed E-state index contributed by atoms with van der Waals surface area (Å²) < 4.78 is 5.66. The van der Waals surface area contributed by atoms with Gasteiger partial charge in [0.25, 0.3) is 0 Å². The first-order valence-corrected chi connectivity index (χ1v) is 5.79. The van der Waals surface area contributed by atoms with Crippen LogP contribution in [0.5, 0.6) is 0 Å². The lowest BCUT2D eigenvalue weighted by Crippen LogP contribution is -1.93. The van der Waals surface area contributed by atoms with Crippen LogP contribution >= 0.6 is 11.5 Å². The van der Waals surface area contributed by atoms with E-state index < -0.39 is 0 Å².